The number of hydrogen-bond donors (Lipinski definition) is 1. The van der Waals surface area contributed by atoms with E-state index < -0.39 is 12.2 Å². The molecule has 3 fully saturated rings. The number of methoxy groups -OCH3 is 1. The molecule has 9 nitrogen and oxygen atoms in total. The highest BCUT2D eigenvalue weighted by Gasteiger charge is 2.50. The summed E-state index contributed by atoms with van der Waals surface area (Å²) in [6.07, 6.45) is 8.04. The third-order valence-electron chi connectivity index (χ3n) is 7.55. The molecule has 0 aromatic heterocycles. The summed E-state index contributed by atoms with van der Waals surface area (Å²) in [5, 5.41) is 6.33. The zero-order valence-corrected chi connectivity index (χ0v) is 22.5. The lowest BCUT2D eigenvalue weighted by Crippen LogP contribution is -2.76. The number of carbonyl (C=O) groups excluding carboxylic acids is 3. The van der Waals surface area contributed by atoms with Gasteiger partial charge in [-0.1, -0.05) is 31.4 Å². The maximum absolute atomic E-state index is 13.6. The molecule has 198 valence electrons. The number of nitrogens with one attached hydrogen (secondary N) is 1. The first-order valence-corrected chi connectivity index (χ1v) is 14.3. The van der Waals surface area contributed by atoms with Gasteiger partial charge in [-0.25, -0.2) is 14.8 Å². The molecule has 1 saturated carbocycles. The number of benzene rings is 1. The summed E-state index contributed by atoms with van der Waals surface area (Å²) < 4.78 is 5.21. The van der Waals surface area contributed by atoms with Crippen LogP contribution in [0, 0.1) is 5.92 Å². The molecule has 2 heterocycles. The number of fused-ring (bicyclic) bond motifs is 1. The molecule has 2 aliphatic heterocycles. The van der Waals surface area contributed by atoms with Crippen molar-refractivity contribution in [2.75, 3.05) is 45.8 Å². The van der Waals surface area contributed by atoms with Crippen LogP contribution in [0.5, 0.6) is 5.75 Å². The lowest BCUT2D eigenvalue weighted by atomic mass is 9.88. The number of thioether (sulfide) groups is 1. The van der Waals surface area contributed by atoms with Gasteiger partial charge >= 0.3 is 6.03 Å². The van der Waals surface area contributed by atoms with Crippen molar-refractivity contribution in [3.63, 3.8) is 0 Å². The normalized spacial score (nSPS) is 23.6. The maximum atomic E-state index is 13.6. The summed E-state index contributed by atoms with van der Waals surface area (Å²) in [7, 11) is 3.38. The quantitative estimate of drug-likeness (QED) is 0.571. The van der Waals surface area contributed by atoms with Crippen LogP contribution in [0.3, 0.4) is 0 Å². The van der Waals surface area contributed by atoms with E-state index in [0.29, 0.717) is 32.0 Å². The molecule has 1 aromatic carbocycles. The molecule has 0 bridgehead atoms. The topological polar surface area (TPSA) is 85.4 Å². The van der Waals surface area contributed by atoms with E-state index in [9.17, 15) is 14.4 Å². The Labute approximate surface area is 218 Å². The summed E-state index contributed by atoms with van der Waals surface area (Å²) in [5.41, 5.74) is 0.951. The summed E-state index contributed by atoms with van der Waals surface area (Å²) in [6.45, 7) is 1.47. The SMILES string of the molecule is COc1ccc(CNC(=O)N2[C@H]3CN(CC4CCCCC4)C(=O)[C@H](CCSC)N3C(=O)CN2C)cc1. The molecule has 2 saturated heterocycles. The number of ether oxygens (including phenoxy) is 1. The molecule has 1 aliphatic carbocycles. The van der Waals surface area contributed by atoms with Crippen LogP contribution in [0.15, 0.2) is 24.3 Å². The largest absolute Gasteiger partial charge is 0.497 e. The number of rotatable bonds is 8. The number of likely N-dealkylation sites (N-methyl/N-ethyl adjacent to an activating group) is 1. The molecule has 0 radical (unpaired) electrons. The minimum atomic E-state index is -0.530. The number of hydrazine groups is 1. The van der Waals surface area contributed by atoms with Crippen LogP contribution in [-0.4, -0.2) is 95.7 Å². The van der Waals surface area contributed by atoms with Gasteiger partial charge in [0.05, 0.1) is 20.2 Å². The van der Waals surface area contributed by atoms with Crippen LogP contribution in [0.1, 0.15) is 44.1 Å². The van der Waals surface area contributed by atoms with Crippen molar-refractivity contribution in [2.45, 2.75) is 57.3 Å². The third-order valence-corrected chi connectivity index (χ3v) is 8.19. The predicted molar refractivity (Wildman–Crippen MR) is 140 cm³/mol. The highest BCUT2D eigenvalue weighted by atomic mass is 32.2. The molecular weight excluding hydrogens is 478 g/mol. The van der Waals surface area contributed by atoms with Gasteiger partial charge in [-0.05, 0) is 54.9 Å². The molecule has 10 heteroatoms. The molecule has 1 N–H and O–H groups in total. The highest BCUT2D eigenvalue weighted by molar-refractivity contribution is 7.98. The van der Waals surface area contributed by atoms with E-state index in [0.717, 1.165) is 29.9 Å². The molecule has 4 amide bonds. The standard InChI is InChI=1S/C26H39N5O4S/c1-28-18-24(32)30-22(13-14-36-3)25(33)29(16-20-7-5-4-6-8-20)17-23(30)31(28)26(34)27-15-19-9-11-21(35-2)12-10-19/h9-12,20,22-23H,4-8,13-18H2,1-3H3,(H,27,34)/t22-,23-/m0/s1. The lowest BCUT2D eigenvalue weighted by Gasteiger charge is -2.54. The molecule has 4 rings (SSSR count). The van der Waals surface area contributed by atoms with E-state index >= 15 is 0 Å². The highest BCUT2D eigenvalue weighted by Crippen LogP contribution is 2.31. The maximum Gasteiger partial charge on any atom is 0.334 e. The van der Waals surface area contributed by atoms with Gasteiger partial charge in [0, 0.05) is 20.1 Å². The van der Waals surface area contributed by atoms with Crippen molar-refractivity contribution < 1.29 is 19.1 Å². The second-order valence-electron chi connectivity index (χ2n) is 9.99. The molecule has 36 heavy (non-hydrogen) atoms. The molecule has 2 atom stereocenters. The number of hydrogen-bond acceptors (Lipinski definition) is 6. The van der Waals surface area contributed by atoms with Crippen LogP contribution in [0.25, 0.3) is 0 Å². The first kappa shape index (κ1) is 26.6. The van der Waals surface area contributed by atoms with Crippen molar-refractivity contribution >= 4 is 29.6 Å². The average Bonchev–Trinajstić information content (AvgIpc) is 2.88. The fourth-order valence-electron chi connectivity index (χ4n) is 5.66. The number of piperazine rings is 1. The van der Waals surface area contributed by atoms with Gasteiger partial charge in [-0.2, -0.15) is 11.8 Å². The van der Waals surface area contributed by atoms with E-state index in [1.54, 1.807) is 40.8 Å². The van der Waals surface area contributed by atoms with E-state index in [-0.39, 0.29) is 24.4 Å². The van der Waals surface area contributed by atoms with Crippen molar-refractivity contribution in [2.24, 2.45) is 5.92 Å². The Morgan fingerprint density at radius 2 is 1.86 bits per heavy atom. The van der Waals surface area contributed by atoms with Crippen LogP contribution in [0.2, 0.25) is 0 Å². The molecule has 0 spiro atoms. The molecule has 3 aliphatic rings. The number of urea groups is 1. The van der Waals surface area contributed by atoms with Gasteiger partial charge in [0.1, 0.15) is 18.0 Å². The van der Waals surface area contributed by atoms with Crippen LogP contribution >= 0.6 is 11.8 Å². The summed E-state index contributed by atoms with van der Waals surface area (Å²) in [6, 6.07) is 6.75. The molecule has 1 aromatic rings. The smallest absolute Gasteiger partial charge is 0.334 e. The fourth-order valence-corrected chi connectivity index (χ4v) is 6.12. The first-order chi connectivity index (χ1) is 17.4. The summed E-state index contributed by atoms with van der Waals surface area (Å²) >= 11 is 1.67. The Bertz CT molecular complexity index is 923. The number of nitrogens with zero attached hydrogens (tertiary/aromatic N) is 4. The molecule has 0 unspecified atom stereocenters. The zero-order valence-electron chi connectivity index (χ0n) is 21.6. The third kappa shape index (κ3) is 5.91. The Balaban J connectivity index is 1.53. The number of amides is 4. The Morgan fingerprint density at radius 1 is 1.14 bits per heavy atom. The van der Waals surface area contributed by atoms with Gasteiger partial charge in [0.2, 0.25) is 11.8 Å². The van der Waals surface area contributed by atoms with E-state index in [1.807, 2.05) is 35.4 Å². The summed E-state index contributed by atoms with van der Waals surface area (Å²) in [5.74, 6) is 1.96. The predicted octanol–water partition coefficient (Wildman–Crippen LogP) is 2.77. The van der Waals surface area contributed by atoms with Crippen molar-refractivity contribution in [3.05, 3.63) is 29.8 Å². The van der Waals surface area contributed by atoms with Crippen molar-refractivity contribution in [1.29, 1.82) is 0 Å². The Morgan fingerprint density at radius 3 is 2.53 bits per heavy atom. The monoisotopic (exact) mass is 517 g/mol. The Hall–Kier alpha value is -2.46. The van der Waals surface area contributed by atoms with E-state index in [1.165, 1.54) is 19.3 Å². The number of carbonyl (C=O) groups is 3. The second kappa shape index (κ2) is 12.2. The van der Waals surface area contributed by atoms with E-state index in [4.69, 9.17) is 4.74 Å². The van der Waals surface area contributed by atoms with Gasteiger partial charge in [0.25, 0.3) is 0 Å². The first-order valence-electron chi connectivity index (χ1n) is 12.9. The Kier molecular flexibility index (Phi) is 9.00. The minimum absolute atomic E-state index is 0.0300. The fraction of sp³-hybridized carbons (Fsp3) is 0.654. The van der Waals surface area contributed by atoms with Gasteiger partial charge in [-0.15, -0.1) is 0 Å². The zero-order chi connectivity index (χ0) is 25.7. The second-order valence-corrected chi connectivity index (χ2v) is 11.0. The van der Waals surface area contributed by atoms with Gasteiger partial charge < -0.3 is 19.9 Å². The molecular formula is C26H39N5O4S. The van der Waals surface area contributed by atoms with Gasteiger partial charge in [0.15, 0.2) is 0 Å². The van der Waals surface area contributed by atoms with Crippen molar-refractivity contribution in [3.8, 4) is 5.75 Å². The van der Waals surface area contributed by atoms with Crippen LogP contribution < -0.4 is 10.1 Å². The van der Waals surface area contributed by atoms with Crippen LogP contribution in [0.4, 0.5) is 4.79 Å². The van der Waals surface area contributed by atoms with Gasteiger partial charge in [-0.3, -0.25) is 9.59 Å². The van der Waals surface area contributed by atoms with E-state index in [2.05, 4.69) is 5.32 Å². The lowest BCUT2D eigenvalue weighted by molar-refractivity contribution is -0.187. The van der Waals surface area contributed by atoms with Crippen molar-refractivity contribution in [1.82, 2.24) is 25.1 Å². The van der Waals surface area contributed by atoms with Crippen LogP contribution in [-0.2, 0) is 16.1 Å². The summed E-state index contributed by atoms with van der Waals surface area (Å²) in [4.78, 5) is 43.9. The average molecular weight is 518 g/mol. The minimum Gasteiger partial charge on any atom is -0.497 e.